The topological polar surface area (TPSA) is 38.7 Å². The number of hydrogen-bond donors (Lipinski definition) is 0. The van der Waals surface area contributed by atoms with Crippen LogP contribution in [0.2, 0.25) is 0 Å². The van der Waals surface area contributed by atoms with E-state index in [4.69, 9.17) is 0 Å². The summed E-state index contributed by atoms with van der Waals surface area (Å²) in [6.07, 6.45) is 3.78. The smallest absolute Gasteiger partial charge is 0.128 e. The largest absolute Gasteiger partial charge is 0.354 e. The Morgan fingerprint density at radius 3 is 1.10 bits per heavy atom. The van der Waals surface area contributed by atoms with Crippen LogP contribution in [0.3, 0.4) is 0 Å². The van der Waals surface area contributed by atoms with Gasteiger partial charge in [0.1, 0.15) is 11.6 Å². The van der Waals surface area contributed by atoms with Crippen molar-refractivity contribution in [1.29, 1.82) is 0 Å². The van der Waals surface area contributed by atoms with Crippen LogP contribution in [0, 0.1) is 0 Å². The van der Waals surface area contributed by atoms with E-state index < -0.39 is 0 Å². The van der Waals surface area contributed by atoms with Gasteiger partial charge in [0, 0.05) is 77.8 Å². The molecule has 4 heterocycles. The summed E-state index contributed by atoms with van der Waals surface area (Å²) in [5.41, 5.74) is 2.92. The maximum absolute atomic E-state index is 4.57. The molecule has 0 saturated carbocycles. The van der Waals surface area contributed by atoms with Crippen molar-refractivity contribution in [2.45, 2.75) is 13.1 Å². The molecule has 2 fully saturated rings. The molecule has 0 radical (unpaired) electrons. The Hall–Kier alpha value is -4.00. The molecular formula is C34H36N6. The van der Waals surface area contributed by atoms with Crippen molar-refractivity contribution in [1.82, 2.24) is 19.8 Å². The van der Waals surface area contributed by atoms with Crippen molar-refractivity contribution in [2.75, 3.05) is 62.2 Å². The summed E-state index contributed by atoms with van der Waals surface area (Å²) in [5.74, 6) is 2.17. The highest BCUT2D eigenvalue weighted by Gasteiger charge is 2.23. The van der Waals surface area contributed by atoms with E-state index in [0.717, 1.165) is 77.1 Å². The SMILES string of the molecule is c1ccc(N2CCN(Cc3c4ccccc4c(CN4CCN(c5ccccn5)CC4)c4ccccc34)CC2)nc1. The molecule has 0 aliphatic carbocycles. The van der Waals surface area contributed by atoms with Crippen LogP contribution < -0.4 is 9.80 Å². The molecule has 6 heteroatoms. The quantitative estimate of drug-likeness (QED) is 0.274. The zero-order valence-corrected chi connectivity index (χ0v) is 23.0. The number of nitrogens with zero attached hydrogens (tertiary/aromatic N) is 6. The highest BCUT2D eigenvalue weighted by atomic mass is 15.3. The highest BCUT2D eigenvalue weighted by Crippen LogP contribution is 2.35. The van der Waals surface area contributed by atoms with Crippen molar-refractivity contribution >= 4 is 33.2 Å². The zero-order valence-electron chi connectivity index (χ0n) is 23.0. The first-order valence-electron chi connectivity index (χ1n) is 14.5. The third kappa shape index (κ3) is 5.01. The molecule has 0 N–H and O–H groups in total. The fourth-order valence-electron chi connectivity index (χ4n) is 6.45. The fourth-order valence-corrected chi connectivity index (χ4v) is 6.45. The van der Waals surface area contributed by atoms with Crippen LogP contribution in [0.25, 0.3) is 21.5 Å². The monoisotopic (exact) mass is 528 g/mol. The summed E-state index contributed by atoms with van der Waals surface area (Å²) in [5, 5.41) is 5.59. The van der Waals surface area contributed by atoms with Gasteiger partial charge in [0.25, 0.3) is 0 Å². The minimum Gasteiger partial charge on any atom is -0.354 e. The summed E-state index contributed by atoms with van der Waals surface area (Å²) in [6, 6.07) is 30.5. The first kappa shape index (κ1) is 25.0. The minimum absolute atomic E-state index is 0.972. The van der Waals surface area contributed by atoms with Gasteiger partial charge in [-0.1, -0.05) is 60.7 Å². The van der Waals surface area contributed by atoms with Crippen molar-refractivity contribution in [2.24, 2.45) is 0 Å². The summed E-state index contributed by atoms with van der Waals surface area (Å²) >= 11 is 0. The Morgan fingerprint density at radius 1 is 0.425 bits per heavy atom. The molecule has 202 valence electrons. The molecule has 40 heavy (non-hydrogen) atoms. The van der Waals surface area contributed by atoms with Crippen LogP contribution in [0.15, 0.2) is 97.3 Å². The number of rotatable bonds is 6. The van der Waals surface area contributed by atoms with Crippen LogP contribution >= 0.6 is 0 Å². The zero-order chi connectivity index (χ0) is 26.7. The number of anilines is 2. The number of fused-ring (bicyclic) bond motifs is 2. The second-order valence-corrected chi connectivity index (χ2v) is 11.0. The van der Waals surface area contributed by atoms with E-state index >= 15 is 0 Å². The lowest BCUT2D eigenvalue weighted by atomic mass is 9.91. The first-order valence-corrected chi connectivity index (χ1v) is 14.5. The van der Waals surface area contributed by atoms with Gasteiger partial charge in [0.05, 0.1) is 0 Å². The van der Waals surface area contributed by atoms with Gasteiger partial charge in [0.2, 0.25) is 0 Å². The normalized spacial score (nSPS) is 17.1. The standard InChI is InChI=1S/C34H36N6/c1-2-10-28-27(9-1)31(25-37-17-21-39(22-18-37)33-13-5-7-15-35-33)29-11-3-4-12-30(29)32(28)26-38-19-23-40(24-20-38)34-14-6-8-16-36-34/h1-16H,17-26H2. The van der Waals surface area contributed by atoms with Crippen molar-refractivity contribution < 1.29 is 0 Å². The molecule has 2 aromatic heterocycles. The third-order valence-corrected chi connectivity index (χ3v) is 8.61. The van der Waals surface area contributed by atoms with Crippen LogP contribution in [0.4, 0.5) is 11.6 Å². The highest BCUT2D eigenvalue weighted by molar-refractivity contribution is 6.05. The van der Waals surface area contributed by atoms with E-state index in [-0.39, 0.29) is 0 Å². The molecule has 2 aliphatic rings. The van der Waals surface area contributed by atoms with E-state index in [2.05, 4.69) is 102 Å². The molecule has 0 atom stereocenters. The van der Waals surface area contributed by atoms with E-state index in [0.29, 0.717) is 0 Å². The average molecular weight is 529 g/mol. The second kappa shape index (κ2) is 11.2. The summed E-state index contributed by atoms with van der Waals surface area (Å²) in [4.78, 5) is 19.2. The Morgan fingerprint density at radius 2 is 0.775 bits per heavy atom. The maximum Gasteiger partial charge on any atom is 0.128 e. The fraction of sp³-hybridized carbons (Fsp3) is 0.294. The molecule has 3 aromatic carbocycles. The van der Waals surface area contributed by atoms with Gasteiger partial charge in [-0.15, -0.1) is 0 Å². The van der Waals surface area contributed by atoms with Gasteiger partial charge in [0.15, 0.2) is 0 Å². The van der Waals surface area contributed by atoms with Gasteiger partial charge in [-0.3, -0.25) is 9.80 Å². The van der Waals surface area contributed by atoms with Crippen molar-refractivity contribution in [3.63, 3.8) is 0 Å². The molecule has 6 nitrogen and oxygen atoms in total. The molecule has 2 aliphatic heterocycles. The third-order valence-electron chi connectivity index (χ3n) is 8.61. The lowest BCUT2D eigenvalue weighted by Crippen LogP contribution is -2.46. The van der Waals surface area contributed by atoms with Crippen LogP contribution in [0.1, 0.15) is 11.1 Å². The molecule has 5 aromatic rings. The summed E-state index contributed by atoms with van der Waals surface area (Å²) in [7, 11) is 0. The van der Waals surface area contributed by atoms with Crippen LogP contribution in [0.5, 0.6) is 0 Å². The van der Waals surface area contributed by atoms with Gasteiger partial charge in [-0.25, -0.2) is 9.97 Å². The molecular weight excluding hydrogens is 492 g/mol. The molecule has 7 rings (SSSR count). The Bertz CT molecular complexity index is 1400. The number of hydrogen-bond acceptors (Lipinski definition) is 6. The van der Waals surface area contributed by atoms with Gasteiger partial charge >= 0.3 is 0 Å². The molecule has 2 saturated heterocycles. The number of aromatic nitrogens is 2. The molecule has 0 bridgehead atoms. The summed E-state index contributed by atoms with van der Waals surface area (Å²) < 4.78 is 0. The van der Waals surface area contributed by atoms with E-state index in [1.54, 1.807) is 0 Å². The maximum atomic E-state index is 4.57. The minimum atomic E-state index is 0.972. The van der Waals surface area contributed by atoms with Crippen LogP contribution in [-0.2, 0) is 13.1 Å². The van der Waals surface area contributed by atoms with Crippen LogP contribution in [-0.4, -0.2) is 72.1 Å². The molecule has 0 amide bonds. The Labute approximate surface area is 236 Å². The number of benzene rings is 3. The van der Waals surface area contributed by atoms with E-state index in [1.165, 1.54) is 32.7 Å². The van der Waals surface area contributed by atoms with Gasteiger partial charge in [-0.2, -0.15) is 0 Å². The predicted molar refractivity (Wildman–Crippen MR) is 165 cm³/mol. The average Bonchev–Trinajstić information content (AvgIpc) is 3.04. The summed E-state index contributed by atoms with van der Waals surface area (Å²) in [6.45, 7) is 10.2. The lowest BCUT2D eigenvalue weighted by Gasteiger charge is -2.36. The van der Waals surface area contributed by atoms with Gasteiger partial charge < -0.3 is 9.80 Å². The first-order chi connectivity index (χ1) is 19.8. The Kier molecular flexibility index (Phi) is 7.02. The lowest BCUT2D eigenvalue weighted by molar-refractivity contribution is 0.250. The second-order valence-electron chi connectivity index (χ2n) is 11.0. The number of piperazine rings is 2. The molecule has 0 spiro atoms. The van der Waals surface area contributed by atoms with E-state index in [9.17, 15) is 0 Å². The predicted octanol–water partition coefficient (Wildman–Crippen LogP) is 5.43. The molecule has 0 unspecified atom stereocenters. The van der Waals surface area contributed by atoms with Gasteiger partial charge in [-0.05, 0) is 56.9 Å². The Balaban J connectivity index is 1.14. The van der Waals surface area contributed by atoms with Crippen molar-refractivity contribution in [3.8, 4) is 0 Å². The number of pyridine rings is 2. The van der Waals surface area contributed by atoms with Crippen molar-refractivity contribution in [3.05, 3.63) is 108 Å². The van der Waals surface area contributed by atoms with E-state index in [1.807, 2.05) is 24.5 Å².